The molecule has 1 aromatic rings. The second kappa shape index (κ2) is 7.33. The minimum Gasteiger partial charge on any atom is -0.508 e. The molecule has 0 saturated heterocycles. The molecule has 5 nitrogen and oxygen atoms in total. The number of rotatable bonds is 6. The second-order valence-electron chi connectivity index (χ2n) is 4.95. The van der Waals surface area contributed by atoms with Gasteiger partial charge in [-0.25, -0.2) is 4.79 Å². The Hall–Kier alpha value is -2.30. The number of aliphatic carboxylic acids is 1. The van der Waals surface area contributed by atoms with E-state index >= 15 is 0 Å². The molecular weight excluding hydrogens is 258 g/mol. The lowest BCUT2D eigenvalue weighted by Gasteiger charge is -2.15. The van der Waals surface area contributed by atoms with Gasteiger partial charge in [0.2, 0.25) is 5.91 Å². The standard InChI is InChI=1S/C15H19NO4/c1-10(2)9-13(15(19)20)16-14(18)8-5-11-3-6-12(17)7-4-11/h3-8,10,13,17H,9H2,1-2H3,(H,16,18)(H,19,20)/b8-5+/t13-/m0/s1. The fourth-order valence-electron chi connectivity index (χ4n) is 1.67. The van der Waals surface area contributed by atoms with Crippen LogP contribution in [0.1, 0.15) is 25.8 Å². The van der Waals surface area contributed by atoms with E-state index in [9.17, 15) is 9.59 Å². The van der Waals surface area contributed by atoms with Crippen molar-refractivity contribution in [1.82, 2.24) is 5.32 Å². The van der Waals surface area contributed by atoms with Crippen LogP contribution in [0.5, 0.6) is 5.75 Å². The fraction of sp³-hybridized carbons (Fsp3) is 0.333. The summed E-state index contributed by atoms with van der Waals surface area (Å²) in [6.07, 6.45) is 3.22. The highest BCUT2D eigenvalue weighted by atomic mass is 16.4. The first kappa shape index (κ1) is 15.8. The Morgan fingerprint density at radius 2 is 1.85 bits per heavy atom. The quantitative estimate of drug-likeness (QED) is 0.694. The molecule has 0 fully saturated rings. The van der Waals surface area contributed by atoms with Crippen molar-refractivity contribution in [2.45, 2.75) is 26.3 Å². The monoisotopic (exact) mass is 277 g/mol. The van der Waals surface area contributed by atoms with Crippen LogP contribution in [0.2, 0.25) is 0 Å². The number of hydrogen-bond donors (Lipinski definition) is 3. The lowest BCUT2D eigenvalue weighted by atomic mass is 10.0. The number of carboxylic acids is 1. The Labute approximate surface area is 117 Å². The highest BCUT2D eigenvalue weighted by Gasteiger charge is 2.19. The summed E-state index contributed by atoms with van der Waals surface area (Å²) in [6.45, 7) is 3.79. The van der Waals surface area contributed by atoms with Crippen LogP contribution in [0.3, 0.4) is 0 Å². The molecule has 20 heavy (non-hydrogen) atoms. The summed E-state index contributed by atoms with van der Waals surface area (Å²) in [5.74, 6) is -1.16. The molecule has 0 heterocycles. The Morgan fingerprint density at radius 1 is 1.25 bits per heavy atom. The Morgan fingerprint density at radius 3 is 2.35 bits per heavy atom. The minimum atomic E-state index is -1.04. The first-order chi connectivity index (χ1) is 9.38. The number of carboxylic acid groups (broad SMARTS) is 1. The molecule has 0 saturated carbocycles. The molecule has 0 bridgehead atoms. The predicted molar refractivity (Wildman–Crippen MR) is 76.2 cm³/mol. The van der Waals surface area contributed by atoms with Crippen molar-refractivity contribution in [3.8, 4) is 5.75 Å². The van der Waals surface area contributed by atoms with Crippen LogP contribution in [-0.4, -0.2) is 28.1 Å². The molecule has 1 rings (SSSR count). The van der Waals surface area contributed by atoms with E-state index in [2.05, 4.69) is 5.32 Å². The lowest BCUT2D eigenvalue weighted by Crippen LogP contribution is -2.40. The molecule has 0 aliphatic carbocycles. The van der Waals surface area contributed by atoms with Gasteiger partial charge in [0.15, 0.2) is 0 Å². The van der Waals surface area contributed by atoms with E-state index in [-0.39, 0.29) is 11.7 Å². The van der Waals surface area contributed by atoms with Gasteiger partial charge in [0.1, 0.15) is 11.8 Å². The van der Waals surface area contributed by atoms with Gasteiger partial charge >= 0.3 is 5.97 Å². The summed E-state index contributed by atoms with van der Waals surface area (Å²) in [7, 11) is 0. The molecule has 0 aliphatic rings. The number of benzene rings is 1. The average molecular weight is 277 g/mol. The van der Waals surface area contributed by atoms with Gasteiger partial charge < -0.3 is 15.5 Å². The van der Waals surface area contributed by atoms with Gasteiger partial charge in [0.25, 0.3) is 0 Å². The van der Waals surface area contributed by atoms with Gasteiger partial charge in [-0.2, -0.15) is 0 Å². The third kappa shape index (κ3) is 5.56. The Kier molecular flexibility index (Phi) is 5.77. The molecule has 0 unspecified atom stereocenters. The average Bonchev–Trinajstić information content (AvgIpc) is 2.36. The van der Waals surface area contributed by atoms with Crippen LogP contribution in [-0.2, 0) is 9.59 Å². The van der Waals surface area contributed by atoms with E-state index in [1.54, 1.807) is 18.2 Å². The van der Waals surface area contributed by atoms with E-state index in [4.69, 9.17) is 10.2 Å². The van der Waals surface area contributed by atoms with Crippen molar-refractivity contribution >= 4 is 18.0 Å². The Bertz CT molecular complexity index is 491. The fourth-order valence-corrected chi connectivity index (χ4v) is 1.67. The maximum atomic E-state index is 11.7. The van der Waals surface area contributed by atoms with Gasteiger partial charge in [-0.15, -0.1) is 0 Å². The summed E-state index contributed by atoms with van der Waals surface area (Å²) in [5.41, 5.74) is 0.744. The molecule has 0 aromatic heterocycles. The molecule has 0 aliphatic heterocycles. The van der Waals surface area contributed by atoms with Gasteiger partial charge in [0, 0.05) is 6.08 Å². The van der Waals surface area contributed by atoms with Crippen molar-refractivity contribution < 1.29 is 19.8 Å². The van der Waals surface area contributed by atoms with Crippen molar-refractivity contribution in [3.05, 3.63) is 35.9 Å². The lowest BCUT2D eigenvalue weighted by molar-refractivity contribution is -0.141. The van der Waals surface area contributed by atoms with E-state index < -0.39 is 17.9 Å². The molecular formula is C15H19NO4. The normalized spacial score (nSPS) is 12.6. The largest absolute Gasteiger partial charge is 0.508 e. The zero-order chi connectivity index (χ0) is 15.1. The number of aromatic hydroxyl groups is 1. The van der Waals surface area contributed by atoms with E-state index in [0.717, 1.165) is 5.56 Å². The molecule has 0 spiro atoms. The number of carbonyl (C=O) groups is 2. The number of nitrogens with one attached hydrogen (secondary N) is 1. The smallest absolute Gasteiger partial charge is 0.326 e. The first-order valence-electron chi connectivity index (χ1n) is 6.39. The van der Waals surface area contributed by atoms with Crippen molar-refractivity contribution in [1.29, 1.82) is 0 Å². The van der Waals surface area contributed by atoms with Crippen molar-refractivity contribution in [2.24, 2.45) is 5.92 Å². The Balaban J connectivity index is 2.61. The zero-order valence-corrected chi connectivity index (χ0v) is 11.5. The summed E-state index contributed by atoms with van der Waals surface area (Å²) >= 11 is 0. The third-order valence-electron chi connectivity index (χ3n) is 2.64. The number of hydrogen-bond acceptors (Lipinski definition) is 3. The highest BCUT2D eigenvalue weighted by Crippen LogP contribution is 2.10. The topological polar surface area (TPSA) is 86.6 Å². The molecule has 108 valence electrons. The molecule has 1 aromatic carbocycles. The molecule has 1 atom stereocenters. The molecule has 1 amide bonds. The first-order valence-corrected chi connectivity index (χ1v) is 6.39. The number of amides is 1. The summed E-state index contributed by atoms with van der Waals surface area (Å²) < 4.78 is 0. The number of phenols is 1. The van der Waals surface area contributed by atoms with Crippen molar-refractivity contribution in [3.63, 3.8) is 0 Å². The number of phenolic OH excluding ortho intramolecular Hbond substituents is 1. The van der Waals surface area contributed by atoms with Crippen LogP contribution in [0.25, 0.3) is 6.08 Å². The van der Waals surface area contributed by atoms with Crippen molar-refractivity contribution in [2.75, 3.05) is 0 Å². The second-order valence-corrected chi connectivity index (χ2v) is 4.95. The van der Waals surface area contributed by atoms with Gasteiger partial charge in [-0.05, 0) is 36.1 Å². The van der Waals surface area contributed by atoms with Crippen LogP contribution in [0.15, 0.2) is 30.3 Å². The SMILES string of the molecule is CC(C)C[C@H](NC(=O)/C=C/c1ccc(O)cc1)C(=O)O. The summed E-state index contributed by atoms with van der Waals surface area (Å²) in [4.78, 5) is 22.7. The van der Waals surface area contributed by atoms with Gasteiger partial charge in [-0.3, -0.25) is 4.79 Å². The minimum absolute atomic E-state index is 0.148. The van der Waals surface area contributed by atoms with E-state index in [1.807, 2.05) is 13.8 Å². The number of carbonyl (C=O) groups excluding carboxylic acids is 1. The molecule has 0 radical (unpaired) electrons. The van der Waals surface area contributed by atoms with Crippen LogP contribution in [0, 0.1) is 5.92 Å². The van der Waals surface area contributed by atoms with Gasteiger partial charge in [0.05, 0.1) is 0 Å². The van der Waals surface area contributed by atoms with Gasteiger partial charge in [-0.1, -0.05) is 26.0 Å². The maximum absolute atomic E-state index is 11.7. The van der Waals surface area contributed by atoms with Crippen LogP contribution >= 0.6 is 0 Å². The third-order valence-corrected chi connectivity index (χ3v) is 2.64. The predicted octanol–water partition coefficient (Wildman–Crippen LogP) is 2.02. The highest BCUT2D eigenvalue weighted by molar-refractivity contribution is 5.94. The zero-order valence-electron chi connectivity index (χ0n) is 11.5. The molecule has 3 N–H and O–H groups in total. The van der Waals surface area contributed by atoms with E-state index in [1.165, 1.54) is 18.2 Å². The van der Waals surface area contributed by atoms with Crippen LogP contribution in [0.4, 0.5) is 0 Å². The summed E-state index contributed by atoms with van der Waals surface area (Å²) in [5, 5.41) is 20.6. The maximum Gasteiger partial charge on any atom is 0.326 e. The van der Waals surface area contributed by atoms with E-state index in [0.29, 0.717) is 6.42 Å². The molecule has 5 heteroatoms. The van der Waals surface area contributed by atoms with Crippen LogP contribution < -0.4 is 5.32 Å². The summed E-state index contributed by atoms with van der Waals surface area (Å²) in [6, 6.07) is 5.45.